The molecule has 0 heterocycles. The van der Waals surface area contributed by atoms with Gasteiger partial charge in [0.05, 0.1) is 11.9 Å². The van der Waals surface area contributed by atoms with Crippen LogP contribution in [0, 0.1) is 12.7 Å². The van der Waals surface area contributed by atoms with E-state index in [9.17, 15) is 17.6 Å². The minimum Gasteiger partial charge on any atom is -0.370 e. The zero-order valence-electron chi connectivity index (χ0n) is 15.1. The summed E-state index contributed by atoms with van der Waals surface area (Å²) in [6.07, 6.45) is 2.99. The molecular weight excluding hydrogens is 369 g/mol. The molecule has 1 fully saturated rings. The van der Waals surface area contributed by atoms with Gasteiger partial charge in [-0.2, -0.15) is 0 Å². The summed E-state index contributed by atoms with van der Waals surface area (Å²) in [5, 5.41) is 6.08. The summed E-state index contributed by atoms with van der Waals surface area (Å²) in [6.45, 7) is 1.79. The Bertz CT molecular complexity index is 941. The molecule has 1 saturated carbocycles. The molecule has 0 spiro atoms. The van der Waals surface area contributed by atoms with Crippen molar-refractivity contribution < 1.29 is 17.6 Å². The number of hydrogen-bond acceptors (Lipinski definition) is 4. The summed E-state index contributed by atoms with van der Waals surface area (Å²) in [4.78, 5) is 12.7. The van der Waals surface area contributed by atoms with Crippen LogP contribution in [0.1, 0.15) is 30.0 Å². The fourth-order valence-corrected chi connectivity index (χ4v) is 3.28. The van der Waals surface area contributed by atoms with E-state index in [0.29, 0.717) is 16.9 Å². The smallest absolute Gasteiger partial charge is 0.247 e. The lowest BCUT2D eigenvalue weighted by molar-refractivity contribution is -0.122. The number of rotatable bonds is 7. The monoisotopic (exact) mass is 391 g/mol. The molecule has 0 aliphatic heterocycles. The molecule has 8 heteroatoms. The quantitative estimate of drug-likeness (QED) is 0.677. The Kier molecular flexibility index (Phi) is 5.36. The van der Waals surface area contributed by atoms with Crippen LogP contribution >= 0.6 is 0 Å². The molecule has 144 valence electrons. The van der Waals surface area contributed by atoms with Crippen molar-refractivity contribution in [2.24, 2.45) is 0 Å². The van der Waals surface area contributed by atoms with Gasteiger partial charge < -0.3 is 10.6 Å². The van der Waals surface area contributed by atoms with Crippen molar-refractivity contribution in [3.63, 3.8) is 0 Å². The van der Waals surface area contributed by atoms with E-state index < -0.39 is 16.1 Å². The summed E-state index contributed by atoms with van der Waals surface area (Å²) in [5.41, 5.74) is 2.38. The summed E-state index contributed by atoms with van der Waals surface area (Å²) in [7, 11) is -3.42. The SMILES string of the molecule is Cc1ccc(NC(C(=O)NC2CC2)c2ccc(F)cc2)cc1NS(C)(=O)=O. The van der Waals surface area contributed by atoms with Crippen molar-refractivity contribution in [3.8, 4) is 0 Å². The van der Waals surface area contributed by atoms with Gasteiger partial charge in [0.15, 0.2) is 0 Å². The van der Waals surface area contributed by atoms with Gasteiger partial charge in [-0.05, 0) is 55.2 Å². The summed E-state index contributed by atoms with van der Waals surface area (Å²) >= 11 is 0. The van der Waals surface area contributed by atoms with Crippen LogP contribution < -0.4 is 15.4 Å². The molecule has 0 bridgehead atoms. The van der Waals surface area contributed by atoms with Crippen LogP contribution in [0.25, 0.3) is 0 Å². The third-order valence-corrected chi connectivity index (χ3v) is 4.82. The third kappa shape index (κ3) is 5.43. The molecule has 1 amide bonds. The highest BCUT2D eigenvalue weighted by Crippen LogP contribution is 2.27. The first-order valence-corrected chi connectivity index (χ1v) is 10.5. The summed E-state index contributed by atoms with van der Waals surface area (Å²) in [5.74, 6) is -0.586. The molecule has 1 atom stereocenters. The molecular formula is C19H22FN3O3S. The maximum Gasteiger partial charge on any atom is 0.247 e. The van der Waals surface area contributed by atoms with Crippen molar-refractivity contribution >= 4 is 27.3 Å². The fraction of sp³-hybridized carbons (Fsp3) is 0.316. The lowest BCUT2D eigenvalue weighted by Crippen LogP contribution is -2.34. The molecule has 0 aromatic heterocycles. The predicted molar refractivity (Wildman–Crippen MR) is 104 cm³/mol. The van der Waals surface area contributed by atoms with E-state index >= 15 is 0 Å². The number of hydrogen-bond donors (Lipinski definition) is 3. The van der Waals surface area contributed by atoms with E-state index in [1.54, 1.807) is 37.3 Å². The normalized spacial score (nSPS) is 15.1. The number of benzene rings is 2. The first-order chi connectivity index (χ1) is 12.7. The van der Waals surface area contributed by atoms with Gasteiger partial charge >= 0.3 is 0 Å². The molecule has 2 aromatic carbocycles. The first kappa shape index (κ1) is 19.2. The number of nitrogens with one attached hydrogen (secondary N) is 3. The van der Waals surface area contributed by atoms with Crippen LogP contribution in [0.5, 0.6) is 0 Å². The second-order valence-corrected chi connectivity index (χ2v) is 8.56. The van der Waals surface area contributed by atoms with Crippen LogP contribution in [0.4, 0.5) is 15.8 Å². The van der Waals surface area contributed by atoms with Gasteiger partial charge in [-0.1, -0.05) is 18.2 Å². The van der Waals surface area contributed by atoms with E-state index in [-0.39, 0.29) is 17.8 Å². The highest BCUT2D eigenvalue weighted by Gasteiger charge is 2.28. The highest BCUT2D eigenvalue weighted by molar-refractivity contribution is 7.92. The van der Waals surface area contributed by atoms with Crippen LogP contribution in [-0.2, 0) is 14.8 Å². The number of sulfonamides is 1. The third-order valence-electron chi connectivity index (χ3n) is 4.23. The average molecular weight is 391 g/mol. The van der Waals surface area contributed by atoms with Crippen molar-refractivity contribution in [2.75, 3.05) is 16.3 Å². The number of carbonyl (C=O) groups is 1. The molecule has 2 aromatic rings. The maximum absolute atomic E-state index is 13.3. The van der Waals surface area contributed by atoms with Gasteiger partial charge in [-0.25, -0.2) is 12.8 Å². The zero-order valence-corrected chi connectivity index (χ0v) is 15.9. The van der Waals surface area contributed by atoms with E-state index in [0.717, 1.165) is 24.7 Å². The summed E-state index contributed by atoms with van der Waals surface area (Å²) < 4.78 is 38.8. The van der Waals surface area contributed by atoms with Gasteiger partial charge in [0.2, 0.25) is 15.9 Å². The van der Waals surface area contributed by atoms with E-state index in [1.807, 2.05) is 0 Å². The molecule has 1 aliphatic carbocycles. The number of anilines is 2. The topological polar surface area (TPSA) is 87.3 Å². The fourth-order valence-electron chi connectivity index (χ4n) is 2.66. The second kappa shape index (κ2) is 7.56. The molecule has 0 radical (unpaired) electrons. The molecule has 1 aliphatic rings. The van der Waals surface area contributed by atoms with Crippen LogP contribution in [0.2, 0.25) is 0 Å². The van der Waals surface area contributed by atoms with Crippen LogP contribution in [0.15, 0.2) is 42.5 Å². The molecule has 0 saturated heterocycles. The van der Waals surface area contributed by atoms with E-state index in [2.05, 4.69) is 15.4 Å². The highest BCUT2D eigenvalue weighted by atomic mass is 32.2. The van der Waals surface area contributed by atoms with Gasteiger partial charge in [-0.15, -0.1) is 0 Å². The number of carbonyl (C=O) groups excluding carboxylic acids is 1. The van der Waals surface area contributed by atoms with Crippen molar-refractivity contribution in [1.82, 2.24) is 5.32 Å². The second-order valence-electron chi connectivity index (χ2n) is 6.82. The predicted octanol–water partition coefficient (Wildman–Crippen LogP) is 2.94. The minimum absolute atomic E-state index is 0.183. The first-order valence-electron chi connectivity index (χ1n) is 8.62. The minimum atomic E-state index is -3.42. The lowest BCUT2D eigenvalue weighted by atomic mass is 10.0. The Morgan fingerprint density at radius 3 is 2.41 bits per heavy atom. The number of halogens is 1. The Balaban J connectivity index is 1.87. The Labute approximate surface area is 158 Å². The maximum atomic E-state index is 13.3. The number of amides is 1. The van der Waals surface area contributed by atoms with Crippen molar-refractivity contribution in [1.29, 1.82) is 0 Å². The zero-order chi connectivity index (χ0) is 19.6. The molecule has 1 unspecified atom stereocenters. The van der Waals surface area contributed by atoms with Crippen LogP contribution in [0.3, 0.4) is 0 Å². The Morgan fingerprint density at radius 1 is 1.15 bits per heavy atom. The van der Waals surface area contributed by atoms with Gasteiger partial charge in [-0.3, -0.25) is 9.52 Å². The molecule has 3 N–H and O–H groups in total. The average Bonchev–Trinajstić information content (AvgIpc) is 3.39. The molecule has 3 rings (SSSR count). The van der Waals surface area contributed by atoms with E-state index in [1.165, 1.54) is 12.1 Å². The summed E-state index contributed by atoms with van der Waals surface area (Å²) in [6, 6.07) is 10.4. The van der Waals surface area contributed by atoms with Crippen molar-refractivity contribution in [3.05, 3.63) is 59.4 Å². The van der Waals surface area contributed by atoms with Gasteiger partial charge in [0.1, 0.15) is 11.9 Å². The van der Waals surface area contributed by atoms with Gasteiger partial charge in [0, 0.05) is 11.7 Å². The van der Waals surface area contributed by atoms with Gasteiger partial charge in [0.25, 0.3) is 0 Å². The van der Waals surface area contributed by atoms with Crippen molar-refractivity contribution in [2.45, 2.75) is 31.8 Å². The number of aryl methyl sites for hydroxylation is 1. The molecule has 6 nitrogen and oxygen atoms in total. The standard InChI is InChI=1S/C19H22FN3O3S/c1-12-3-8-16(11-17(12)23-27(2,25)26)21-18(19(24)22-15-9-10-15)13-4-6-14(20)7-5-13/h3-8,11,15,18,21,23H,9-10H2,1-2H3,(H,22,24). The molecule has 27 heavy (non-hydrogen) atoms. The largest absolute Gasteiger partial charge is 0.370 e. The van der Waals surface area contributed by atoms with Crippen LogP contribution in [-0.4, -0.2) is 26.6 Å². The van der Waals surface area contributed by atoms with E-state index in [4.69, 9.17) is 0 Å². The lowest BCUT2D eigenvalue weighted by Gasteiger charge is -2.21. The Morgan fingerprint density at radius 2 is 1.81 bits per heavy atom. The Hall–Kier alpha value is -2.61.